The van der Waals surface area contributed by atoms with Crippen LogP contribution in [0.2, 0.25) is 0 Å². The number of methoxy groups -OCH3 is 1. The number of hydrogen-bond acceptors (Lipinski definition) is 9. The van der Waals surface area contributed by atoms with E-state index >= 15 is 0 Å². The number of nitrogens with zero attached hydrogens (tertiary/aromatic N) is 6. The lowest BCUT2D eigenvalue weighted by atomic mass is 10.0. The van der Waals surface area contributed by atoms with Crippen molar-refractivity contribution in [2.24, 2.45) is 0 Å². The lowest BCUT2D eigenvalue weighted by Gasteiger charge is -2.44. The van der Waals surface area contributed by atoms with Crippen LogP contribution in [0.1, 0.15) is 29.8 Å². The van der Waals surface area contributed by atoms with Gasteiger partial charge in [-0.3, -0.25) is 4.90 Å². The first-order valence-electron chi connectivity index (χ1n) is 11.6. The van der Waals surface area contributed by atoms with Crippen molar-refractivity contribution in [2.75, 3.05) is 56.7 Å². The zero-order chi connectivity index (χ0) is 23.7. The van der Waals surface area contributed by atoms with E-state index in [1.165, 1.54) is 0 Å². The molecule has 1 N–H and O–H groups in total. The molecule has 0 radical (unpaired) electrons. The maximum absolute atomic E-state index is 9.45. The molecule has 9 heteroatoms. The molecular formula is C25H29N7O2. The Balaban J connectivity index is 1.46. The van der Waals surface area contributed by atoms with Gasteiger partial charge in [0.2, 0.25) is 0 Å². The summed E-state index contributed by atoms with van der Waals surface area (Å²) < 4.78 is 11.2. The number of aryl methyl sites for hydroxylation is 1. The summed E-state index contributed by atoms with van der Waals surface area (Å²) in [6.07, 6.45) is 1.89. The molecule has 4 heterocycles. The van der Waals surface area contributed by atoms with Crippen molar-refractivity contribution in [1.29, 1.82) is 5.26 Å². The predicted octanol–water partition coefficient (Wildman–Crippen LogP) is 2.91. The number of fused-ring (bicyclic) bond motifs is 2. The minimum Gasteiger partial charge on any atom is -0.495 e. The van der Waals surface area contributed by atoms with E-state index in [1.54, 1.807) is 13.2 Å². The fourth-order valence-electron chi connectivity index (χ4n) is 4.89. The highest BCUT2D eigenvalue weighted by Crippen LogP contribution is 2.33. The Morgan fingerprint density at radius 3 is 2.94 bits per heavy atom. The minimum atomic E-state index is -0.150. The van der Waals surface area contributed by atoms with Crippen molar-refractivity contribution in [2.45, 2.75) is 25.9 Å². The third kappa shape index (κ3) is 4.11. The van der Waals surface area contributed by atoms with Crippen LogP contribution in [0.15, 0.2) is 30.5 Å². The SMILES string of the molecule is COc1c(C#N)cccc1C(C)Nc1nnc(C)c2cnc(N3CCN4CCOC[C@H]4C3)cc12. The fourth-order valence-corrected chi connectivity index (χ4v) is 4.89. The van der Waals surface area contributed by atoms with Crippen LogP contribution in [-0.4, -0.2) is 72.6 Å². The molecule has 176 valence electrons. The lowest BCUT2D eigenvalue weighted by Crippen LogP contribution is -2.58. The van der Waals surface area contributed by atoms with Gasteiger partial charge in [0.1, 0.15) is 17.6 Å². The number of hydrogen-bond donors (Lipinski definition) is 1. The van der Waals surface area contributed by atoms with Crippen LogP contribution >= 0.6 is 0 Å². The standard InChI is InChI=1S/C25H29N7O2/c1-16(20-6-4-5-18(12-26)24(20)33-3)28-25-21-11-23(27-13-22(21)17(2)29-30-25)32-8-7-31-9-10-34-15-19(31)14-32/h4-6,11,13,16,19H,7-10,14-15H2,1-3H3,(H,28,30)/t16?,19-/m1/s1. The molecule has 3 aromatic rings. The molecule has 9 nitrogen and oxygen atoms in total. The van der Waals surface area contributed by atoms with Crippen molar-refractivity contribution in [1.82, 2.24) is 20.1 Å². The van der Waals surface area contributed by atoms with Gasteiger partial charge in [-0.1, -0.05) is 12.1 Å². The van der Waals surface area contributed by atoms with Gasteiger partial charge in [0.05, 0.1) is 43.7 Å². The first kappa shape index (κ1) is 22.3. The van der Waals surface area contributed by atoms with Gasteiger partial charge < -0.3 is 19.7 Å². The Labute approximate surface area is 199 Å². The number of anilines is 2. The quantitative estimate of drug-likeness (QED) is 0.617. The molecule has 2 fully saturated rings. The molecule has 2 aliphatic heterocycles. The van der Waals surface area contributed by atoms with E-state index in [0.717, 1.165) is 67.2 Å². The third-order valence-corrected chi connectivity index (χ3v) is 6.79. The summed E-state index contributed by atoms with van der Waals surface area (Å²) in [5, 5.41) is 23.7. The topological polar surface area (TPSA) is 99.4 Å². The van der Waals surface area contributed by atoms with Crippen LogP contribution in [0.3, 0.4) is 0 Å². The number of pyridine rings is 1. The molecule has 5 rings (SSSR count). The molecule has 0 aliphatic carbocycles. The van der Waals surface area contributed by atoms with Gasteiger partial charge >= 0.3 is 0 Å². The van der Waals surface area contributed by atoms with Crippen molar-refractivity contribution in [3.8, 4) is 11.8 Å². The lowest BCUT2D eigenvalue weighted by molar-refractivity contribution is -0.0117. The number of ether oxygens (including phenoxy) is 2. The van der Waals surface area contributed by atoms with E-state index in [2.05, 4.69) is 37.4 Å². The number of morpholine rings is 1. The van der Waals surface area contributed by atoms with E-state index in [9.17, 15) is 5.26 Å². The van der Waals surface area contributed by atoms with Crippen molar-refractivity contribution in [3.05, 3.63) is 47.3 Å². The molecule has 0 bridgehead atoms. The summed E-state index contributed by atoms with van der Waals surface area (Å²) in [7, 11) is 1.59. The summed E-state index contributed by atoms with van der Waals surface area (Å²) in [6, 6.07) is 10.1. The van der Waals surface area contributed by atoms with Gasteiger partial charge in [-0.2, -0.15) is 10.4 Å². The van der Waals surface area contributed by atoms with Gasteiger partial charge in [-0.05, 0) is 26.0 Å². The number of piperazine rings is 1. The summed E-state index contributed by atoms with van der Waals surface area (Å²) >= 11 is 0. The summed E-state index contributed by atoms with van der Waals surface area (Å²) in [6.45, 7) is 9.40. The number of nitriles is 1. The molecule has 1 unspecified atom stereocenters. The number of para-hydroxylation sites is 1. The molecule has 0 amide bonds. The maximum atomic E-state index is 9.45. The largest absolute Gasteiger partial charge is 0.495 e. The van der Waals surface area contributed by atoms with Crippen LogP contribution < -0.4 is 15.0 Å². The Morgan fingerprint density at radius 2 is 2.12 bits per heavy atom. The van der Waals surface area contributed by atoms with Gasteiger partial charge in [0.25, 0.3) is 0 Å². The van der Waals surface area contributed by atoms with Gasteiger partial charge in [-0.25, -0.2) is 4.98 Å². The molecule has 34 heavy (non-hydrogen) atoms. The van der Waals surface area contributed by atoms with E-state index in [0.29, 0.717) is 23.2 Å². The van der Waals surface area contributed by atoms with Gasteiger partial charge in [-0.15, -0.1) is 5.10 Å². The fraction of sp³-hybridized carbons (Fsp3) is 0.440. The predicted molar refractivity (Wildman–Crippen MR) is 130 cm³/mol. The van der Waals surface area contributed by atoms with Crippen molar-refractivity contribution < 1.29 is 9.47 Å². The normalized spacial score (nSPS) is 19.4. The number of nitrogens with one attached hydrogen (secondary N) is 1. The van der Waals surface area contributed by atoms with Gasteiger partial charge in [0.15, 0.2) is 5.82 Å². The molecule has 0 saturated carbocycles. The molecule has 2 aromatic heterocycles. The number of aromatic nitrogens is 3. The van der Waals surface area contributed by atoms with E-state index in [1.807, 2.05) is 32.2 Å². The Bertz CT molecular complexity index is 1240. The molecular weight excluding hydrogens is 430 g/mol. The van der Waals surface area contributed by atoms with Crippen LogP contribution in [0, 0.1) is 18.3 Å². The van der Waals surface area contributed by atoms with Gasteiger partial charge in [0, 0.05) is 48.7 Å². The highest BCUT2D eigenvalue weighted by molar-refractivity contribution is 5.94. The Morgan fingerprint density at radius 1 is 1.24 bits per heavy atom. The van der Waals surface area contributed by atoms with Crippen LogP contribution in [0.25, 0.3) is 10.8 Å². The molecule has 2 atom stereocenters. The Hall–Kier alpha value is -3.48. The third-order valence-electron chi connectivity index (χ3n) is 6.79. The second kappa shape index (κ2) is 9.41. The zero-order valence-corrected chi connectivity index (χ0v) is 19.8. The van der Waals surface area contributed by atoms with Crippen molar-refractivity contribution >= 4 is 22.4 Å². The summed E-state index contributed by atoms with van der Waals surface area (Å²) in [4.78, 5) is 9.61. The second-order valence-electron chi connectivity index (χ2n) is 8.84. The molecule has 0 spiro atoms. The van der Waals surface area contributed by atoms with E-state index in [4.69, 9.17) is 14.5 Å². The Kier molecular flexibility index (Phi) is 6.18. The smallest absolute Gasteiger partial charge is 0.157 e. The monoisotopic (exact) mass is 459 g/mol. The number of rotatable bonds is 5. The number of benzene rings is 1. The van der Waals surface area contributed by atoms with E-state index in [-0.39, 0.29) is 6.04 Å². The van der Waals surface area contributed by atoms with Crippen LogP contribution in [0.4, 0.5) is 11.6 Å². The highest BCUT2D eigenvalue weighted by Gasteiger charge is 2.30. The average Bonchev–Trinajstić information content (AvgIpc) is 2.89. The molecule has 2 saturated heterocycles. The molecule has 2 aliphatic rings. The highest BCUT2D eigenvalue weighted by atomic mass is 16.5. The van der Waals surface area contributed by atoms with Crippen LogP contribution in [0.5, 0.6) is 5.75 Å². The minimum absolute atomic E-state index is 0.150. The zero-order valence-electron chi connectivity index (χ0n) is 19.8. The average molecular weight is 460 g/mol. The summed E-state index contributed by atoms with van der Waals surface area (Å²) in [5.74, 6) is 2.19. The van der Waals surface area contributed by atoms with Crippen LogP contribution in [-0.2, 0) is 4.74 Å². The first-order valence-corrected chi connectivity index (χ1v) is 11.6. The first-order chi connectivity index (χ1) is 16.6. The second-order valence-corrected chi connectivity index (χ2v) is 8.84. The summed E-state index contributed by atoms with van der Waals surface area (Å²) in [5.41, 5.74) is 2.23. The molecule has 1 aromatic carbocycles. The maximum Gasteiger partial charge on any atom is 0.157 e. The van der Waals surface area contributed by atoms with E-state index < -0.39 is 0 Å². The van der Waals surface area contributed by atoms with Crippen molar-refractivity contribution in [3.63, 3.8) is 0 Å².